The van der Waals surface area contributed by atoms with Gasteiger partial charge in [0.05, 0.1) is 11.4 Å². The molecule has 3 aromatic carbocycles. The van der Waals surface area contributed by atoms with Gasteiger partial charge in [0.2, 0.25) is 15.9 Å². The maximum absolute atomic E-state index is 13.3. The van der Waals surface area contributed by atoms with E-state index in [0.717, 1.165) is 15.6 Å². The maximum atomic E-state index is 13.3. The molecule has 0 saturated carbocycles. The minimum absolute atomic E-state index is 0.0730. The third-order valence-electron chi connectivity index (χ3n) is 4.49. The van der Waals surface area contributed by atoms with Gasteiger partial charge in [-0.3, -0.25) is 4.79 Å². The number of nitrogens with zero attached hydrogens (tertiary/aromatic N) is 1. The van der Waals surface area contributed by atoms with Crippen LogP contribution in [0, 0.1) is 6.92 Å². The van der Waals surface area contributed by atoms with E-state index in [1.165, 1.54) is 28.6 Å². The number of carbonyl (C=O) groups excluding carboxylic acids is 1. The molecule has 30 heavy (non-hydrogen) atoms. The molecule has 1 N–H and O–H groups in total. The zero-order valence-electron chi connectivity index (χ0n) is 16.2. The van der Waals surface area contributed by atoms with Crippen molar-refractivity contribution in [3.8, 4) is 0 Å². The van der Waals surface area contributed by atoms with Gasteiger partial charge in [0.25, 0.3) is 0 Å². The second kappa shape index (κ2) is 9.75. The number of sulfonamides is 1. The van der Waals surface area contributed by atoms with E-state index in [1.807, 2.05) is 37.3 Å². The van der Waals surface area contributed by atoms with Crippen molar-refractivity contribution in [3.63, 3.8) is 0 Å². The Morgan fingerprint density at radius 3 is 2.40 bits per heavy atom. The molecule has 0 atom stereocenters. The van der Waals surface area contributed by atoms with Crippen LogP contribution >= 0.6 is 27.5 Å². The van der Waals surface area contributed by atoms with E-state index in [1.54, 1.807) is 18.2 Å². The minimum Gasteiger partial charge on any atom is -0.325 e. The summed E-state index contributed by atoms with van der Waals surface area (Å²) in [5, 5.41) is 3.19. The number of anilines is 1. The lowest BCUT2D eigenvalue weighted by atomic mass is 10.1. The lowest BCUT2D eigenvalue weighted by Crippen LogP contribution is -2.37. The van der Waals surface area contributed by atoms with Gasteiger partial charge < -0.3 is 5.32 Å². The predicted octanol–water partition coefficient (Wildman–Crippen LogP) is 5.24. The summed E-state index contributed by atoms with van der Waals surface area (Å²) in [4.78, 5) is 12.8. The quantitative estimate of drug-likeness (QED) is 0.475. The molecule has 0 aliphatic rings. The lowest BCUT2D eigenvalue weighted by Gasteiger charge is -2.23. The van der Waals surface area contributed by atoms with Crippen molar-refractivity contribution in [2.45, 2.75) is 18.4 Å². The van der Waals surface area contributed by atoms with Gasteiger partial charge in [-0.2, -0.15) is 4.31 Å². The van der Waals surface area contributed by atoms with Crippen LogP contribution in [0.3, 0.4) is 0 Å². The first-order valence-corrected chi connectivity index (χ1v) is 11.7. The summed E-state index contributed by atoms with van der Waals surface area (Å²) in [5.74, 6) is -0.431. The van der Waals surface area contributed by atoms with E-state index in [9.17, 15) is 13.2 Å². The van der Waals surface area contributed by atoms with E-state index >= 15 is 0 Å². The highest BCUT2D eigenvalue weighted by Crippen LogP contribution is 2.22. The average Bonchev–Trinajstić information content (AvgIpc) is 2.69. The Hall–Kier alpha value is -2.19. The normalized spacial score (nSPS) is 11.5. The molecule has 156 valence electrons. The first-order valence-electron chi connectivity index (χ1n) is 9.11. The molecule has 0 aliphatic carbocycles. The highest BCUT2D eigenvalue weighted by Gasteiger charge is 2.27. The van der Waals surface area contributed by atoms with E-state index in [2.05, 4.69) is 21.2 Å². The molecule has 0 spiro atoms. The van der Waals surface area contributed by atoms with Crippen molar-refractivity contribution in [2.24, 2.45) is 0 Å². The van der Waals surface area contributed by atoms with Crippen molar-refractivity contribution in [1.82, 2.24) is 4.31 Å². The Bertz CT molecular complexity index is 1150. The largest absolute Gasteiger partial charge is 0.325 e. The van der Waals surface area contributed by atoms with Gasteiger partial charge in [-0.15, -0.1) is 0 Å². The molecule has 3 rings (SSSR count). The van der Waals surface area contributed by atoms with Gasteiger partial charge in [-0.05, 0) is 60.5 Å². The summed E-state index contributed by atoms with van der Waals surface area (Å²) in [5.41, 5.74) is 2.35. The fourth-order valence-electron chi connectivity index (χ4n) is 2.89. The number of amides is 1. The Balaban J connectivity index is 1.89. The summed E-state index contributed by atoms with van der Waals surface area (Å²) in [7, 11) is -3.92. The Morgan fingerprint density at radius 1 is 1.03 bits per heavy atom. The smallest absolute Gasteiger partial charge is 0.243 e. The monoisotopic (exact) mass is 506 g/mol. The van der Waals surface area contributed by atoms with Crippen LogP contribution in [0.4, 0.5) is 5.69 Å². The van der Waals surface area contributed by atoms with Crippen LogP contribution in [0.1, 0.15) is 11.1 Å². The second-order valence-electron chi connectivity index (χ2n) is 6.71. The molecule has 0 bridgehead atoms. The van der Waals surface area contributed by atoms with Crippen LogP contribution in [0.15, 0.2) is 82.2 Å². The molecule has 5 nitrogen and oxygen atoms in total. The molecular formula is C22H20BrClN2O3S. The third kappa shape index (κ3) is 5.70. The van der Waals surface area contributed by atoms with E-state index in [-0.39, 0.29) is 18.0 Å². The number of hydrogen-bond donors (Lipinski definition) is 1. The van der Waals surface area contributed by atoms with Crippen LogP contribution in [0.5, 0.6) is 0 Å². The summed E-state index contributed by atoms with van der Waals surface area (Å²) in [6.45, 7) is 1.65. The number of aryl methyl sites for hydroxylation is 1. The number of rotatable bonds is 7. The zero-order valence-corrected chi connectivity index (χ0v) is 19.3. The summed E-state index contributed by atoms with van der Waals surface area (Å²) in [6.07, 6.45) is 0. The van der Waals surface area contributed by atoms with Gasteiger partial charge in [0.15, 0.2) is 0 Å². The Morgan fingerprint density at radius 2 is 1.73 bits per heavy atom. The van der Waals surface area contributed by atoms with Gasteiger partial charge in [0, 0.05) is 21.7 Å². The molecule has 0 radical (unpaired) electrons. The molecule has 0 aliphatic heterocycles. The fraction of sp³-hybridized carbons (Fsp3) is 0.136. The van der Waals surface area contributed by atoms with Crippen molar-refractivity contribution < 1.29 is 13.2 Å². The van der Waals surface area contributed by atoms with Crippen LogP contribution in [-0.4, -0.2) is 25.2 Å². The molecule has 1 amide bonds. The Labute approximate surface area is 189 Å². The van der Waals surface area contributed by atoms with Crippen molar-refractivity contribution >= 4 is 49.1 Å². The van der Waals surface area contributed by atoms with Gasteiger partial charge in [-0.25, -0.2) is 8.42 Å². The molecule has 3 aromatic rings. The highest BCUT2D eigenvalue weighted by atomic mass is 79.9. The van der Waals surface area contributed by atoms with Crippen molar-refractivity contribution in [2.75, 3.05) is 11.9 Å². The lowest BCUT2D eigenvalue weighted by molar-refractivity contribution is -0.116. The molecule has 0 heterocycles. The van der Waals surface area contributed by atoms with Gasteiger partial charge in [0.1, 0.15) is 0 Å². The summed E-state index contributed by atoms with van der Waals surface area (Å²) >= 11 is 9.26. The third-order valence-corrected chi connectivity index (χ3v) is 7.04. The number of benzene rings is 3. The highest BCUT2D eigenvalue weighted by molar-refractivity contribution is 9.10. The molecule has 8 heteroatoms. The van der Waals surface area contributed by atoms with Crippen LogP contribution in [0.2, 0.25) is 5.02 Å². The molecular weight excluding hydrogens is 488 g/mol. The van der Waals surface area contributed by atoms with Crippen LogP contribution in [-0.2, 0) is 21.4 Å². The van der Waals surface area contributed by atoms with Gasteiger partial charge >= 0.3 is 0 Å². The average molecular weight is 508 g/mol. The van der Waals surface area contributed by atoms with E-state index < -0.39 is 15.9 Å². The topological polar surface area (TPSA) is 66.5 Å². The van der Waals surface area contributed by atoms with Gasteiger partial charge in [-0.1, -0.05) is 57.9 Å². The van der Waals surface area contributed by atoms with Crippen molar-refractivity contribution in [1.29, 1.82) is 0 Å². The SMILES string of the molecule is Cc1ccccc1CN(CC(=O)Nc1cccc(Br)c1)S(=O)(=O)c1ccc(Cl)cc1. The van der Waals surface area contributed by atoms with E-state index in [0.29, 0.717) is 10.7 Å². The molecule has 0 aromatic heterocycles. The second-order valence-corrected chi connectivity index (χ2v) is 10.0. The van der Waals surface area contributed by atoms with Crippen LogP contribution < -0.4 is 5.32 Å². The fourth-order valence-corrected chi connectivity index (χ4v) is 4.79. The first-order chi connectivity index (χ1) is 14.3. The number of hydrogen-bond acceptors (Lipinski definition) is 3. The number of halogens is 2. The zero-order chi connectivity index (χ0) is 21.7. The Kier molecular flexibility index (Phi) is 7.31. The summed E-state index contributed by atoms with van der Waals surface area (Å²) in [6, 6.07) is 20.5. The van der Waals surface area contributed by atoms with Crippen molar-refractivity contribution in [3.05, 3.63) is 93.4 Å². The molecule has 0 unspecified atom stereocenters. The molecule has 0 saturated heterocycles. The minimum atomic E-state index is -3.92. The number of nitrogens with one attached hydrogen (secondary N) is 1. The summed E-state index contributed by atoms with van der Waals surface area (Å²) < 4.78 is 28.6. The standard InChI is InChI=1S/C22H20BrClN2O3S/c1-16-5-2-3-6-17(16)14-26(30(28,29)21-11-9-19(24)10-12-21)15-22(27)25-20-8-4-7-18(23)13-20/h2-13H,14-15H2,1H3,(H,25,27). The number of carbonyl (C=O) groups is 1. The van der Waals surface area contributed by atoms with Crippen LogP contribution in [0.25, 0.3) is 0 Å². The maximum Gasteiger partial charge on any atom is 0.243 e. The first kappa shape index (κ1) is 22.5. The predicted molar refractivity (Wildman–Crippen MR) is 123 cm³/mol. The molecule has 0 fully saturated rings. The van der Waals surface area contributed by atoms with E-state index in [4.69, 9.17) is 11.6 Å².